The van der Waals surface area contributed by atoms with Crippen LogP contribution in [0.15, 0.2) is 24.3 Å². The topological polar surface area (TPSA) is 73.9 Å². The molecule has 0 bridgehead atoms. The summed E-state index contributed by atoms with van der Waals surface area (Å²) in [6.07, 6.45) is 4.25. The lowest BCUT2D eigenvalue weighted by Gasteiger charge is -2.26. The molecule has 1 fully saturated rings. The van der Waals surface area contributed by atoms with Crippen molar-refractivity contribution in [2.75, 3.05) is 7.11 Å². The predicted octanol–water partition coefficient (Wildman–Crippen LogP) is 3.59. The highest BCUT2D eigenvalue weighted by atomic mass is 16.5. The largest absolute Gasteiger partial charge is 0.497 e. The first kappa shape index (κ1) is 16.0. The summed E-state index contributed by atoms with van der Waals surface area (Å²) in [5, 5.41) is 18.7. The van der Waals surface area contributed by atoms with E-state index in [9.17, 15) is 15.3 Å². The Morgan fingerprint density at radius 2 is 1.82 bits per heavy atom. The summed E-state index contributed by atoms with van der Waals surface area (Å²) in [5.41, 5.74) is 0.870. The zero-order chi connectivity index (χ0) is 15.9. The van der Waals surface area contributed by atoms with Crippen molar-refractivity contribution < 1.29 is 9.53 Å². The fourth-order valence-electron chi connectivity index (χ4n) is 3.24. The van der Waals surface area contributed by atoms with E-state index in [1.54, 1.807) is 7.11 Å². The predicted molar refractivity (Wildman–Crippen MR) is 82.0 cm³/mol. The van der Waals surface area contributed by atoms with Gasteiger partial charge >= 0.3 is 0 Å². The van der Waals surface area contributed by atoms with Crippen LogP contribution < -0.4 is 4.74 Å². The molecule has 1 aliphatic carbocycles. The molecule has 0 aromatic heterocycles. The Balaban J connectivity index is 2.39. The van der Waals surface area contributed by atoms with Gasteiger partial charge in [-0.05, 0) is 30.5 Å². The molecule has 0 amide bonds. The number of nitrogens with zero attached hydrogens (tertiary/aromatic N) is 2. The van der Waals surface area contributed by atoms with Crippen LogP contribution in [0.5, 0.6) is 5.75 Å². The number of ketones is 1. The van der Waals surface area contributed by atoms with Crippen molar-refractivity contribution in [3.63, 3.8) is 0 Å². The van der Waals surface area contributed by atoms with Gasteiger partial charge in [0.25, 0.3) is 0 Å². The first-order valence-electron chi connectivity index (χ1n) is 7.67. The van der Waals surface area contributed by atoms with Crippen LogP contribution in [0.1, 0.15) is 43.6 Å². The van der Waals surface area contributed by atoms with Crippen LogP contribution in [0.4, 0.5) is 0 Å². The molecule has 1 saturated carbocycles. The van der Waals surface area contributed by atoms with Gasteiger partial charge in [-0.1, -0.05) is 25.0 Å². The number of hydrogen-bond donors (Lipinski definition) is 0. The number of rotatable bonds is 4. The smallest absolute Gasteiger partial charge is 0.140 e. The lowest BCUT2D eigenvalue weighted by molar-refractivity contribution is -0.123. The van der Waals surface area contributed by atoms with Crippen LogP contribution >= 0.6 is 0 Å². The third kappa shape index (κ3) is 3.46. The molecule has 4 heteroatoms. The Bertz CT molecular complexity index is 581. The molecule has 4 nitrogen and oxygen atoms in total. The Labute approximate surface area is 131 Å². The molecule has 2 atom stereocenters. The number of methoxy groups -OCH3 is 1. The maximum atomic E-state index is 12.4. The summed E-state index contributed by atoms with van der Waals surface area (Å²) in [4.78, 5) is 12.4. The van der Waals surface area contributed by atoms with E-state index in [0.29, 0.717) is 6.42 Å². The van der Waals surface area contributed by atoms with Gasteiger partial charge in [-0.3, -0.25) is 4.79 Å². The molecule has 0 N–H and O–H groups in total. The molecule has 1 aliphatic rings. The molecule has 2 unspecified atom stereocenters. The van der Waals surface area contributed by atoms with E-state index in [2.05, 4.69) is 12.1 Å². The molecule has 0 aliphatic heterocycles. The van der Waals surface area contributed by atoms with Crippen molar-refractivity contribution in [3.8, 4) is 17.9 Å². The van der Waals surface area contributed by atoms with Crippen LogP contribution in [0.3, 0.4) is 0 Å². The quantitative estimate of drug-likeness (QED) is 0.796. The van der Waals surface area contributed by atoms with Crippen molar-refractivity contribution in [3.05, 3.63) is 29.8 Å². The Hall–Kier alpha value is -2.33. The van der Waals surface area contributed by atoms with Crippen LogP contribution in [-0.4, -0.2) is 12.9 Å². The van der Waals surface area contributed by atoms with Gasteiger partial charge in [0.15, 0.2) is 0 Å². The van der Waals surface area contributed by atoms with Crippen LogP contribution in [0.2, 0.25) is 0 Å². The lowest BCUT2D eigenvalue weighted by Crippen LogP contribution is -2.26. The number of carbonyl (C=O) groups is 1. The molecule has 1 aromatic carbocycles. The summed E-state index contributed by atoms with van der Waals surface area (Å²) >= 11 is 0. The van der Waals surface area contributed by atoms with Gasteiger partial charge < -0.3 is 4.74 Å². The van der Waals surface area contributed by atoms with E-state index in [0.717, 1.165) is 37.0 Å². The second-order valence-corrected chi connectivity index (χ2v) is 5.71. The summed E-state index contributed by atoms with van der Waals surface area (Å²) in [6.45, 7) is 0. The molecule has 0 radical (unpaired) electrons. The van der Waals surface area contributed by atoms with E-state index in [1.165, 1.54) is 0 Å². The number of hydrogen-bond acceptors (Lipinski definition) is 4. The van der Waals surface area contributed by atoms with Crippen LogP contribution in [-0.2, 0) is 4.79 Å². The minimum atomic E-state index is -0.805. The van der Waals surface area contributed by atoms with Gasteiger partial charge in [-0.2, -0.15) is 10.5 Å². The summed E-state index contributed by atoms with van der Waals surface area (Å²) in [7, 11) is 1.59. The highest BCUT2D eigenvalue weighted by Crippen LogP contribution is 2.38. The maximum Gasteiger partial charge on any atom is 0.140 e. The minimum Gasteiger partial charge on any atom is -0.497 e. The summed E-state index contributed by atoms with van der Waals surface area (Å²) in [5.74, 6) is -0.485. The Morgan fingerprint density at radius 1 is 1.14 bits per heavy atom. The van der Waals surface area contributed by atoms with Gasteiger partial charge in [-0.15, -0.1) is 0 Å². The minimum absolute atomic E-state index is 0.189. The normalized spacial score (nSPS) is 19.8. The third-order valence-electron chi connectivity index (χ3n) is 4.42. The van der Waals surface area contributed by atoms with Gasteiger partial charge in [0.2, 0.25) is 0 Å². The average molecular weight is 296 g/mol. The van der Waals surface area contributed by atoms with Crippen molar-refractivity contribution in [2.24, 2.45) is 11.8 Å². The summed E-state index contributed by atoms with van der Waals surface area (Å²) < 4.78 is 5.15. The molecule has 0 saturated heterocycles. The zero-order valence-electron chi connectivity index (χ0n) is 12.8. The molecule has 114 valence electrons. The standard InChI is InChI=1S/C18H20N2O2/c1-22-15-9-7-13(8-10-15)18(14(11-19)12-20)16-5-3-2-4-6-17(16)21/h7-10,14,16,18H,2-6H2,1H3. The highest BCUT2D eigenvalue weighted by molar-refractivity contribution is 5.82. The van der Waals surface area contributed by atoms with Gasteiger partial charge in [0.05, 0.1) is 19.2 Å². The monoisotopic (exact) mass is 296 g/mol. The van der Waals surface area contributed by atoms with Crippen LogP contribution in [0, 0.1) is 34.5 Å². The van der Waals surface area contributed by atoms with E-state index in [1.807, 2.05) is 24.3 Å². The second-order valence-electron chi connectivity index (χ2n) is 5.71. The number of Topliss-reactive ketones (excluding diaryl/α,β-unsaturated/α-hetero) is 1. The van der Waals surface area contributed by atoms with E-state index in [-0.39, 0.29) is 17.6 Å². The first-order valence-corrected chi connectivity index (χ1v) is 7.67. The highest BCUT2D eigenvalue weighted by Gasteiger charge is 2.36. The molecular formula is C18H20N2O2. The Kier molecular flexibility index (Phi) is 5.55. The Morgan fingerprint density at radius 3 is 2.41 bits per heavy atom. The fourth-order valence-corrected chi connectivity index (χ4v) is 3.24. The molecule has 2 rings (SSSR count). The molecule has 22 heavy (non-hydrogen) atoms. The SMILES string of the molecule is COc1ccc(C(C(C#N)C#N)C2CCCCCC2=O)cc1. The molecule has 0 heterocycles. The lowest BCUT2D eigenvalue weighted by atomic mass is 9.74. The zero-order valence-corrected chi connectivity index (χ0v) is 12.8. The second kappa shape index (κ2) is 7.61. The fraction of sp³-hybridized carbons (Fsp3) is 0.500. The van der Waals surface area contributed by atoms with Crippen LogP contribution in [0.25, 0.3) is 0 Å². The van der Waals surface area contributed by atoms with Gasteiger partial charge in [-0.25, -0.2) is 0 Å². The van der Waals surface area contributed by atoms with E-state index in [4.69, 9.17) is 4.74 Å². The average Bonchev–Trinajstić information content (AvgIpc) is 2.77. The third-order valence-corrected chi connectivity index (χ3v) is 4.42. The van der Waals surface area contributed by atoms with Crippen molar-refractivity contribution >= 4 is 5.78 Å². The van der Waals surface area contributed by atoms with Crippen molar-refractivity contribution in [2.45, 2.75) is 38.0 Å². The summed E-state index contributed by atoms with van der Waals surface area (Å²) in [6, 6.07) is 11.5. The maximum absolute atomic E-state index is 12.4. The number of benzene rings is 1. The van der Waals surface area contributed by atoms with Crippen molar-refractivity contribution in [1.82, 2.24) is 0 Å². The van der Waals surface area contributed by atoms with E-state index < -0.39 is 5.92 Å². The number of ether oxygens (including phenoxy) is 1. The van der Waals surface area contributed by atoms with Crippen molar-refractivity contribution in [1.29, 1.82) is 10.5 Å². The van der Waals surface area contributed by atoms with E-state index >= 15 is 0 Å². The number of nitriles is 2. The number of carbonyl (C=O) groups excluding carboxylic acids is 1. The molecule has 1 aromatic rings. The molecular weight excluding hydrogens is 276 g/mol. The first-order chi connectivity index (χ1) is 10.7. The van der Waals surface area contributed by atoms with Gasteiger partial charge in [0.1, 0.15) is 17.5 Å². The molecule has 0 spiro atoms. The van der Waals surface area contributed by atoms with Gasteiger partial charge in [0, 0.05) is 18.3 Å².